The zero-order valence-electron chi connectivity index (χ0n) is 10.1. The van der Waals surface area contributed by atoms with E-state index in [0.717, 1.165) is 29.4 Å². The average Bonchev–Trinajstić information content (AvgIpc) is 3.02. The molecule has 0 atom stereocenters. The zero-order chi connectivity index (χ0) is 12.4. The third kappa shape index (κ3) is 2.17. The summed E-state index contributed by atoms with van der Waals surface area (Å²) in [5.74, 6) is 0.851. The van der Waals surface area contributed by atoms with Crippen LogP contribution < -0.4 is 5.32 Å². The second kappa shape index (κ2) is 4.92. The molecule has 3 aromatic rings. The van der Waals surface area contributed by atoms with Crippen molar-refractivity contribution in [1.82, 2.24) is 10.5 Å². The van der Waals surface area contributed by atoms with E-state index >= 15 is 0 Å². The number of aromatic nitrogens is 1. The standard InChI is InChI=1S/C14H14N2OS/c1-2-15-9-11-8-12(17-16-11)14-7-10-5-3-4-6-13(10)18-14/h3-8,15H,2,9H2,1H3. The highest BCUT2D eigenvalue weighted by molar-refractivity contribution is 7.22. The largest absolute Gasteiger partial charge is 0.355 e. The van der Waals surface area contributed by atoms with Crippen LogP contribution >= 0.6 is 11.3 Å². The molecular formula is C14H14N2OS. The van der Waals surface area contributed by atoms with Gasteiger partial charge in [0.2, 0.25) is 0 Å². The normalized spacial score (nSPS) is 11.2. The smallest absolute Gasteiger partial charge is 0.177 e. The fourth-order valence-corrected chi connectivity index (χ4v) is 2.88. The van der Waals surface area contributed by atoms with Crippen LogP contribution in [0.5, 0.6) is 0 Å². The van der Waals surface area contributed by atoms with E-state index in [1.54, 1.807) is 11.3 Å². The molecule has 0 unspecified atom stereocenters. The summed E-state index contributed by atoms with van der Waals surface area (Å²) in [5, 5.41) is 8.56. The molecule has 3 rings (SSSR count). The second-order valence-electron chi connectivity index (χ2n) is 4.11. The highest BCUT2D eigenvalue weighted by Crippen LogP contribution is 2.33. The summed E-state index contributed by atoms with van der Waals surface area (Å²) in [7, 11) is 0. The Morgan fingerprint density at radius 2 is 2.17 bits per heavy atom. The molecule has 0 saturated heterocycles. The van der Waals surface area contributed by atoms with Crippen LogP contribution in [0.15, 0.2) is 40.9 Å². The van der Waals surface area contributed by atoms with Crippen molar-refractivity contribution in [2.24, 2.45) is 0 Å². The van der Waals surface area contributed by atoms with Crippen molar-refractivity contribution >= 4 is 21.4 Å². The van der Waals surface area contributed by atoms with E-state index in [-0.39, 0.29) is 0 Å². The van der Waals surface area contributed by atoms with Crippen molar-refractivity contribution in [2.75, 3.05) is 6.54 Å². The first kappa shape index (κ1) is 11.4. The predicted octanol–water partition coefficient (Wildman–Crippen LogP) is 3.67. The fraction of sp³-hybridized carbons (Fsp3) is 0.214. The Balaban J connectivity index is 1.91. The first-order valence-corrected chi connectivity index (χ1v) is 6.83. The number of fused-ring (bicyclic) bond motifs is 1. The Kier molecular flexibility index (Phi) is 3.13. The van der Waals surface area contributed by atoms with Gasteiger partial charge in [0.15, 0.2) is 5.76 Å². The lowest BCUT2D eigenvalue weighted by Crippen LogP contribution is -2.11. The summed E-state index contributed by atoms with van der Waals surface area (Å²) >= 11 is 1.73. The van der Waals surface area contributed by atoms with Crippen LogP contribution in [-0.4, -0.2) is 11.7 Å². The SMILES string of the molecule is CCNCc1cc(-c2cc3ccccc3s2)on1. The van der Waals surface area contributed by atoms with Gasteiger partial charge in [-0.05, 0) is 24.1 Å². The molecule has 4 heteroatoms. The molecule has 0 aliphatic heterocycles. The Morgan fingerprint density at radius 3 is 3.00 bits per heavy atom. The van der Waals surface area contributed by atoms with E-state index in [1.807, 2.05) is 6.07 Å². The van der Waals surface area contributed by atoms with E-state index in [0.29, 0.717) is 0 Å². The van der Waals surface area contributed by atoms with Crippen molar-refractivity contribution in [1.29, 1.82) is 0 Å². The predicted molar refractivity (Wildman–Crippen MR) is 74.7 cm³/mol. The minimum atomic E-state index is 0.755. The van der Waals surface area contributed by atoms with E-state index in [2.05, 4.69) is 47.7 Å². The summed E-state index contributed by atoms with van der Waals surface area (Å²) < 4.78 is 6.67. The minimum absolute atomic E-state index is 0.755. The molecule has 2 aromatic heterocycles. The molecule has 0 fully saturated rings. The minimum Gasteiger partial charge on any atom is -0.355 e. The van der Waals surface area contributed by atoms with Crippen molar-refractivity contribution in [3.63, 3.8) is 0 Å². The number of benzene rings is 1. The Morgan fingerprint density at radius 1 is 1.28 bits per heavy atom. The maximum Gasteiger partial charge on any atom is 0.177 e. The fourth-order valence-electron chi connectivity index (χ4n) is 1.87. The first-order chi connectivity index (χ1) is 8.86. The topological polar surface area (TPSA) is 38.1 Å². The highest BCUT2D eigenvalue weighted by atomic mass is 32.1. The van der Waals surface area contributed by atoms with Crippen LogP contribution in [0.4, 0.5) is 0 Å². The van der Waals surface area contributed by atoms with Gasteiger partial charge in [-0.15, -0.1) is 11.3 Å². The lowest BCUT2D eigenvalue weighted by Gasteiger charge is -1.93. The summed E-state index contributed by atoms with van der Waals surface area (Å²) in [5.41, 5.74) is 0.948. The molecule has 0 amide bonds. The lowest BCUT2D eigenvalue weighted by molar-refractivity contribution is 0.421. The summed E-state index contributed by atoms with van der Waals surface area (Å²) in [6.07, 6.45) is 0. The zero-order valence-corrected chi connectivity index (χ0v) is 11.0. The summed E-state index contributed by atoms with van der Waals surface area (Å²) in [6.45, 7) is 3.77. The number of nitrogens with zero attached hydrogens (tertiary/aromatic N) is 1. The van der Waals surface area contributed by atoms with Gasteiger partial charge in [-0.1, -0.05) is 30.3 Å². The van der Waals surface area contributed by atoms with E-state index < -0.39 is 0 Å². The number of nitrogens with one attached hydrogen (secondary N) is 1. The number of hydrogen-bond donors (Lipinski definition) is 1. The first-order valence-electron chi connectivity index (χ1n) is 6.02. The van der Waals surface area contributed by atoms with Gasteiger partial charge in [0.1, 0.15) is 0 Å². The third-order valence-corrected chi connectivity index (χ3v) is 3.91. The van der Waals surface area contributed by atoms with Crippen LogP contribution in [0, 0.1) is 0 Å². The second-order valence-corrected chi connectivity index (χ2v) is 5.20. The Bertz CT molecular complexity index is 623. The van der Waals surface area contributed by atoms with Gasteiger partial charge >= 0.3 is 0 Å². The molecule has 0 radical (unpaired) electrons. The van der Waals surface area contributed by atoms with Crippen LogP contribution in [0.1, 0.15) is 12.6 Å². The quantitative estimate of drug-likeness (QED) is 0.776. The molecule has 0 bridgehead atoms. The van der Waals surface area contributed by atoms with E-state index in [4.69, 9.17) is 4.52 Å². The van der Waals surface area contributed by atoms with Crippen molar-refractivity contribution in [2.45, 2.75) is 13.5 Å². The van der Waals surface area contributed by atoms with Crippen LogP contribution in [0.25, 0.3) is 20.7 Å². The molecule has 1 aromatic carbocycles. The lowest BCUT2D eigenvalue weighted by atomic mass is 10.2. The molecule has 0 aliphatic rings. The Hall–Kier alpha value is -1.65. The molecular weight excluding hydrogens is 244 g/mol. The molecule has 1 N–H and O–H groups in total. The van der Waals surface area contributed by atoms with Gasteiger partial charge in [-0.3, -0.25) is 0 Å². The van der Waals surface area contributed by atoms with Crippen molar-refractivity contribution in [3.8, 4) is 10.6 Å². The van der Waals surface area contributed by atoms with Crippen LogP contribution in [0.2, 0.25) is 0 Å². The number of thiophene rings is 1. The maximum absolute atomic E-state index is 5.40. The van der Waals surface area contributed by atoms with Gasteiger partial charge < -0.3 is 9.84 Å². The number of rotatable bonds is 4. The van der Waals surface area contributed by atoms with Crippen LogP contribution in [-0.2, 0) is 6.54 Å². The van der Waals surface area contributed by atoms with Gasteiger partial charge in [0.25, 0.3) is 0 Å². The van der Waals surface area contributed by atoms with Crippen molar-refractivity contribution in [3.05, 3.63) is 42.1 Å². The summed E-state index contributed by atoms with van der Waals surface area (Å²) in [4.78, 5) is 1.13. The summed E-state index contributed by atoms with van der Waals surface area (Å²) in [6, 6.07) is 12.5. The molecule has 0 saturated carbocycles. The molecule has 2 heterocycles. The van der Waals surface area contributed by atoms with Gasteiger partial charge in [-0.2, -0.15) is 0 Å². The third-order valence-electron chi connectivity index (χ3n) is 2.78. The average molecular weight is 258 g/mol. The maximum atomic E-state index is 5.40. The van der Waals surface area contributed by atoms with E-state index in [9.17, 15) is 0 Å². The molecule has 18 heavy (non-hydrogen) atoms. The Labute approximate surface area is 109 Å². The highest BCUT2D eigenvalue weighted by Gasteiger charge is 2.09. The molecule has 0 spiro atoms. The molecule has 3 nitrogen and oxygen atoms in total. The van der Waals surface area contributed by atoms with Gasteiger partial charge in [0.05, 0.1) is 10.6 Å². The molecule has 92 valence electrons. The monoisotopic (exact) mass is 258 g/mol. The van der Waals surface area contributed by atoms with E-state index in [1.165, 1.54) is 10.1 Å². The van der Waals surface area contributed by atoms with Gasteiger partial charge in [0, 0.05) is 17.3 Å². The van der Waals surface area contributed by atoms with Crippen molar-refractivity contribution < 1.29 is 4.52 Å². The number of hydrogen-bond acceptors (Lipinski definition) is 4. The van der Waals surface area contributed by atoms with Crippen LogP contribution in [0.3, 0.4) is 0 Å². The molecule has 0 aliphatic carbocycles. The van der Waals surface area contributed by atoms with Gasteiger partial charge in [-0.25, -0.2) is 0 Å².